The number of hydrogen-bond donors (Lipinski definition) is 2. The van der Waals surface area contributed by atoms with Crippen molar-refractivity contribution in [3.8, 4) is 11.5 Å². The topological polar surface area (TPSA) is 59.6 Å². The molecule has 2 N–H and O–H groups in total. The summed E-state index contributed by atoms with van der Waals surface area (Å²) in [7, 11) is 0. The number of anilines is 1. The van der Waals surface area contributed by atoms with Crippen LogP contribution in [0.1, 0.15) is 36.6 Å². The zero-order valence-electron chi connectivity index (χ0n) is 18.7. The lowest BCUT2D eigenvalue weighted by molar-refractivity contribution is -0.118. The van der Waals surface area contributed by atoms with E-state index in [0.29, 0.717) is 29.7 Å². The lowest BCUT2D eigenvalue weighted by Gasteiger charge is -2.17. The number of rotatable bonds is 10. The zero-order chi connectivity index (χ0) is 22.9. The molecule has 0 saturated carbocycles. The van der Waals surface area contributed by atoms with E-state index >= 15 is 0 Å². The molecular weight excluding hydrogens is 424 g/mol. The molecule has 1 amide bonds. The van der Waals surface area contributed by atoms with Gasteiger partial charge in [0, 0.05) is 29.4 Å². The minimum Gasteiger partial charge on any atom is -0.490 e. The van der Waals surface area contributed by atoms with E-state index in [-0.39, 0.29) is 18.6 Å². The second-order valence-corrected chi connectivity index (χ2v) is 7.95. The minimum absolute atomic E-state index is 0.146. The Morgan fingerprint density at radius 2 is 1.69 bits per heavy atom. The molecule has 32 heavy (non-hydrogen) atoms. The molecule has 0 aliphatic heterocycles. The molecule has 0 spiro atoms. The highest BCUT2D eigenvalue weighted by atomic mass is 35.5. The predicted octanol–water partition coefficient (Wildman–Crippen LogP) is 5.92. The largest absolute Gasteiger partial charge is 0.490 e. The highest BCUT2D eigenvalue weighted by molar-refractivity contribution is 6.31. The Labute approximate surface area is 194 Å². The van der Waals surface area contributed by atoms with Crippen LogP contribution < -0.4 is 20.1 Å². The lowest BCUT2D eigenvalue weighted by Crippen LogP contribution is -2.20. The van der Waals surface area contributed by atoms with Crippen molar-refractivity contribution in [1.82, 2.24) is 5.32 Å². The fourth-order valence-corrected chi connectivity index (χ4v) is 3.41. The van der Waals surface area contributed by atoms with Crippen LogP contribution in [0.25, 0.3) is 0 Å². The van der Waals surface area contributed by atoms with Gasteiger partial charge in [0.25, 0.3) is 5.91 Å². The van der Waals surface area contributed by atoms with Crippen LogP contribution >= 0.6 is 11.6 Å². The van der Waals surface area contributed by atoms with E-state index in [0.717, 1.165) is 16.8 Å². The predicted molar refractivity (Wildman–Crippen MR) is 130 cm³/mol. The molecule has 0 heterocycles. The summed E-state index contributed by atoms with van der Waals surface area (Å²) in [6, 6.07) is 21.5. The van der Waals surface area contributed by atoms with Crippen LogP contribution in [0.5, 0.6) is 11.5 Å². The Morgan fingerprint density at radius 3 is 2.38 bits per heavy atom. The fourth-order valence-electron chi connectivity index (χ4n) is 3.19. The van der Waals surface area contributed by atoms with Gasteiger partial charge in [-0.25, -0.2) is 0 Å². The van der Waals surface area contributed by atoms with Gasteiger partial charge in [0.1, 0.15) is 0 Å². The van der Waals surface area contributed by atoms with E-state index in [4.69, 9.17) is 21.1 Å². The Morgan fingerprint density at radius 1 is 1.00 bits per heavy atom. The van der Waals surface area contributed by atoms with E-state index in [9.17, 15) is 4.79 Å². The number of carbonyl (C=O) groups excluding carboxylic acids is 1. The molecule has 3 aromatic rings. The third kappa shape index (κ3) is 6.74. The van der Waals surface area contributed by atoms with Gasteiger partial charge in [-0.2, -0.15) is 0 Å². The molecule has 1 atom stereocenters. The molecule has 5 nitrogen and oxygen atoms in total. The number of ether oxygens (including phenoxy) is 2. The first-order valence-electron chi connectivity index (χ1n) is 10.7. The summed E-state index contributed by atoms with van der Waals surface area (Å²) in [4.78, 5) is 12.3. The summed E-state index contributed by atoms with van der Waals surface area (Å²) < 4.78 is 11.5. The molecule has 0 aliphatic rings. The summed E-state index contributed by atoms with van der Waals surface area (Å²) in [5, 5.41) is 6.85. The second kappa shape index (κ2) is 11.6. The van der Waals surface area contributed by atoms with Gasteiger partial charge in [0.2, 0.25) is 0 Å². The molecule has 0 aromatic heterocycles. The quantitative estimate of drug-likeness (QED) is 0.401. The van der Waals surface area contributed by atoms with Gasteiger partial charge in [-0.15, -0.1) is 0 Å². The Balaban J connectivity index is 1.63. The maximum atomic E-state index is 12.3. The summed E-state index contributed by atoms with van der Waals surface area (Å²) >= 11 is 6.51. The molecule has 0 radical (unpaired) electrons. The molecule has 0 fully saturated rings. The van der Waals surface area contributed by atoms with E-state index in [1.165, 1.54) is 5.56 Å². The van der Waals surface area contributed by atoms with Crippen LogP contribution in [0.2, 0.25) is 5.02 Å². The molecular formula is C26H29ClN2O3. The average molecular weight is 453 g/mol. The van der Waals surface area contributed by atoms with Crippen molar-refractivity contribution >= 4 is 23.2 Å². The standard InChI is InChI=1S/C26H29ClN2O3/c1-4-31-24-14-21(16-28-19(3)20-8-6-5-7-9-20)23(27)15-25(24)32-17-26(30)29-22-12-10-18(2)11-13-22/h5-15,19,28H,4,16-17H2,1-3H3,(H,29,30). The number of amides is 1. The van der Waals surface area contributed by atoms with Gasteiger partial charge >= 0.3 is 0 Å². The van der Waals surface area contributed by atoms with Gasteiger partial charge in [-0.3, -0.25) is 4.79 Å². The third-order valence-corrected chi connectivity index (χ3v) is 5.36. The number of benzene rings is 3. The molecule has 3 rings (SSSR count). The van der Waals surface area contributed by atoms with Crippen LogP contribution in [-0.4, -0.2) is 19.1 Å². The van der Waals surface area contributed by atoms with Gasteiger partial charge in [-0.05, 0) is 50.1 Å². The summed E-state index contributed by atoms with van der Waals surface area (Å²) in [5.41, 5.74) is 3.95. The summed E-state index contributed by atoms with van der Waals surface area (Å²) in [6.07, 6.45) is 0. The Kier molecular flexibility index (Phi) is 8.54. The van der Waals surface area contributed by atoms with Crippen molar-refractivity contribution in [2.24, 2.45) is 0 Å². The molecule has 0 aliphatic carbocycles. The number of aryl methyl sites for hydroxylation is 1. The fraction of sp³-hybridized carbons (Fsp3) is 0.269. The Bertz CT molecular complexity index is 1020. The van der Waals surface area contributed by atoms with Crippen molar-refractivity contribution in [2.75, 3.05) is 18.5 Å². The first kappa shape index (κ1) is 23.6. The van der Waals surface area contributed by atoms with Gasteiger partial charge < -0.3 is 20.1 Å². The number of nitrogens with one attached hydrogen (secondary N) is 2. The molecule has 0 bridgehead atoms. The maximum Gasteiger partial charge on any atom is 0.262 e. The van der Waals surface area contributed by atoms with E-state index < -0.39 is 0 Å². The molecule has 3 aromatic carbocycles. The normalized spacial score (nSPS) is 11.6. The van der Waals surface area contributed by atoms with Crippen LogP contribution in [0, 0.1) is 6.92 Å². The van der Waals surface area contributed by atoms with Gasteiger partial charge in [-0.1, -0.05) is 59.6 Å². The number of hydrogen-bond acceptors (Lipinski definition) is 4. The highest BCUT2D eigenvalue weighted by Gasteiger charge is 2.14. The van der Waals surface area contributed by atoms with E-state index in [1.54, 1.807) is 6.07 Å². The number of carbonyl (C=O) groups is 1. The first-order chi connectivity index (χ1) is 15.5. The highest BCUT2D eigenvalue weighted by Crippen LogP contribution is 2.34. The minimum atomic E-state index is -0.255. The number of halogens is 1. The van der Waals surface area contributed by atoms with E-state index in [1.807, 2.05) is 62.4 Å². The lowest BCUT2D eigenvalue weighted by atomic mass is 10.1. The SMILES string of the molecule is CCOc1cc(CNC(C)c2ccccc2)c(Cl)cc1OCC(=O)Nc1ccc(C)cc1. The summed E-state index contributed by atoms with van der Waals surface area (Å²) in [5.74, 6) is 0.745. The van der Waals surface area contributed by atoms with Crippen molar-refractivity contribution in [2.45, 2.75) is 33.4 Å². The van der Waals surface area contributed by atoms with Crippen LogP contribution in [0.3, 0.4) is 0 Å². The second-order valence-electron chi connectivity index (χ2n) is 7.54. The van der Waals surface area contributed by atoms with Crippen molar-refractivity contribution in [1.29, 1.82) is 0 Å². The van der Waals surface area contributed by atoms with Crippen LogP contribution in [0.15, 0.2) is 66.7 Å². The van der Waals surface area contributed by atoms with Gasteiger partial charge in [0.05, 0.1) is 6.61 Å². The Hall–Kier alpha value is -3.02. The maximum absolute atomic E-state index is 12.3. The monoisotopic (exact) mass is 452 g/mol. The first-order valence-corrected chi connectivity index (χ1v) is 11.1. The van der Waals surface area contributed by atoms with Crippen molar-refractivity contribution in [3.63, 3.8) is 0 Å². The zero-order valence-corrected chi connectivity index (χ0v) is 19.4. The van der Waals surface area contributed by atoms with E-state index in [2.05, 4.69) is 29.7 Å². The third-order valence-electron chi connectivity index (χ3n) is 5.00. The van der Waals surface area contributed by atoms with Crippen molar-refractivity contribution < 1.29 is 14.3 Å². The summed E-state index contributed by atoms with van der Waals surface area (Å²) in [6.45, 7) is 6.90. The van der Waals surface area contributed by atoms with Crippen molar-refractivity contribution in [3.05, 3.63) is 88.4 Å². The van der Waals surface area contributed by atoms with Gasteiger partial charge in [0.15, 0.2) is 18.1 Å². The molecule has 6 heteroatoms. The average Bonchev–Trinajstić information content (AvgIpc) is 2.80. The van der Waals surface area contributed by atoms with Crippen LogP contribution in [0.4, 0.5) is 5.69 Å². The van der Waals surface area contributed by atoms with Crippen LogP contribution in [-0.2, 0) is 11.3 Å². The molecule has 0 saturated heterocycles. The molecule has 1 unspecified atom stereocenters. The smallest absolute Gasteiger partial charge is 0.262 e. The molecule has 168 valence electrons.